The summed E-state index contributed by atoms with van der Waals surface area (Å²) < 4.78 is 38.7. The SMILES string of the molecule is C=C(N)/N=N\C(=C(/C)N)c1ccccc1C(F)(F)F. The fraction of sp³-hybridized carbons (Fsp3) is 0.167. The van der Waals surface area contributed by atoms with Crippen LogP contribution in [0.4, 0.5) is 13.2 Å². The van der Waals surface area contributed by atoms with E-state index in [-0.39, 0.29) is 22.8 Å². The first-order chi connectivity index (χ1) is 8.73. The number of nitrogens with zero attached hydrogens (tertiary/aromatic N) is 2. The summed E-state index contributed by atoms with van der Waals surface area (Å²) in [7, 11) is 0. The molecule has 0 aromatic heterocycles. The van der Waals surface area contributed by atoms with Gasteiger partial charge in [-0.2, -0.15) is 13.2 Å². The number of hydrogen-bond donors (Lipinski definition) is 2. The van der Waals surface area contributed by atoms with Crippen molar-refractivity contribution in [2.75, 3.05) is 0 Å². The highest BCUT2D eigenvalue weighted by molar-refractivity contribution is 5.69. The van der Waals surface area contributed by atoms with Gasteiger partial charge in [-0.05, 0) is 13.0 Å². The summed E-state index contributed by atoms with van der Waals surface area (Å²) in [6, 6.07) is 4.97. The first kappa shape index (κ1) is 14.7. The molecule has 0 bridgehead atoms. The van der Waals surface area contributed by atoms with Crippen molar-refractivity contribution in [2.45, 2.75) is 13.1 Å². The number of alkyl halides is 3. The van der Waals surface area contributed by atoms with Gasteiger partial charge in [-0.3, -0.25) is 0 Å². The van der Waals surface area contributed by atoms with Crippen LogP contribution in [0.2, 0.25) is 0 Å². The monoisotopic (exact) mass is 270 g/mol. The van der Waals surface area contributed by atoms with Gasteiger partial charge in [0.15, 0.2) is 0 Å². The van der Waals surface area contributed by atoms with E-state index < -0.39 is 11.7 Å². The van der Waals surface area contributed by atoms with Crippen molar-refractivity contribution < 1.29 is 13.2 Å². The Hall–Kier alpha value is -2.31. The molecule has 0 spiro atoms. The molecule has 0 aliphatic heterocycles. The van der Waals surface area contributed by atoms with E-state index in [1.54, 1.807) is 0 Å². The molecule has 0 atom stereocenters. The summed E-state index contributed by atoms with van der Waals surface area (Å²) in [4.78, 5) is 0. The zero-order chi connectivity index (χ0) is 14.6. The standard InChI is InChI=1S/C12H13F3N4/c1-7(16)11(19-18-8(2)17)9-5-3-4-6-10(9)12(13,14)15/h3-6H,2,16-17H2,1H3/b11-7+,19-18-. The fourth-order valence-electron chi connectivity index (χ4n) is 1.40. The Morgan fingerprint density at radius 2 is 1.74 bits per heavy atom. The van der Waals surface area contributed by atoms with E-state index in [1.165, 1.54) is 25.1 Å². The highest BCUT2D eigenvalue weighted by atomic mass is 19.4. The summed E-state index contributed by atoms with van der Waals surface area (Å²) in [5, 5.41) is 7.07. The van der Waals surface area contributed by atoms with Crippen molar-refractivity contribution in [3.63, 3.8) is 0 Å². The van der Waals surface area contributed by atoms with Crippen molar-refractivity contribution in [3.8, 4) is 0 Å². The van der Waals surface area contributed by atoms with Crippen LogP contribution in [-0.4, -0.2) is 0 Å². The molecule has 4 N–H and O–H groups in total. The summed E-state index contributed by atoms with van der Waals surface area (Å²) in [5.74, 6) is -0.122. The van der Waals surface area contributed by atoms with E-state index in [4.69, 9.17) is 11.5 Å². The molecule has 0 aliphatic carbocycles. The second kappa shape index (κ2) is 5.55. The topological polar surface area (TPSA) is 76.8 Å². The average Bonchev–Trinajstić information content (AvgIpc) is 2.27. The first-order valence-corrected chi connectivity index (χ1v) is 5.22. The van der Waals surface area contributed by atoms with Crippen molar-refractivity contribution in [1.29, 1.82) is 0 Å². The second-order valence-electron chi connectivity index (χ2n) is 3.77. The van der Waals surface area contributed by atoms with Crippen LogP contribution in [0.15, 0.2) is 52.6 Å². The molecule has 4 nitrogen and oxygen atoms in total. The van der Waals surface area contributed by atoms with Gasteiger partial charge < -0.3 is 11.5 Å². The van der Waals surface area contributed by atoms with Crippen LogP contribution in [0.25, 0.3) is 5.70 Å². The number of azo groups is 1. The molecule has 0 saturated heterocycles. The molecule has 19 heavy (non-hydrogen) atoms. The van der Waals surface area contributed by atoms with E-state index >= 15 is 0 Å². The molecule has 0 radical (unpaired) electrons. The lowest BCUT2D eigenvalue weighted by atomic mass is 10.0. The quantitative estimate of drug-likeness (QED) is 0.827. The predicted molar refractivity (Wildman–Crippen MR) is 66.4 cm³/mol. The lowest BCUT2D eigenvalue weighted by Crippen LogP contribution is -2.09. The molecule has 0 unspecified atom stereocenters. The molecule has 0 heterocycles. The third-order valence-corrected chi connectivity index (χ3v) is 2.14. The summed E-state index contributed by atoms with van der Waals surface area (Å²) in [5.41, 5.74) is 9.78. The molecular weight excluding hydrogens is 257 g/mol. The molecule has 0 saturated carbocycles. The normalized spacial score (nSPS) is 13.5. The Bertz CT molecular complexity index is 540. The molecule has 7 heteroatoms. The number of benzene rings is 1. The predicted octanol–water partition coefficient (Wildman–Crippen LogP) is 3.23. The minimum absolute atomic E-state index is 0.0838. The summed E-state index contributed by atoms with van der Waals surface area (Å²) in [6.07, 6.45) is -4.51. The van der Waals surface area contributed by atoms with Crippen LogP contribution >= 0.6 is 0 Å². The largest absolute Gasteiger partial charge is 0.417 e. The van der Waals surface area contributed by atoms with Crippen LogP contribution in [0.5, 0.6) is 0 Å². The third kappa shape index (κ3) is 3.84. The van der Waals surface area contributed by atoms with Gasteiger partial charge in [-0.15, -0.1) is 10.2 Å². The lowest BCUT2D eigenvalue weighted by molar-refractivity contribution is -0.137. The molecule has 1 rings (SSSR count). The smallest absolute Gasteiger partial charge is 0.400 e. The number of halogens is 3. The first-order valence-electron chi connectivity index (χ1n) is 5.22. The lowest BCUT2D eigenvalue weighted by Gasteiger charge is -2.13. The zero-order valence-electron chi connectivity index (χ0n) is 10.2. The maximum atomic E-state index is 12.9. The number of nitrogens with two attached hydrogens (primary N) is 2. The van der Waals surface area contributed by atoms with Gasteiger partial charge in [0.1, 0.15) is 11.5 Å². The minimum Gasteiger partial charge on any atom is -0.400 e. The number of rotatable bonds is 3. The van der Waals surface area contributed by atoms with Gasteiger partial charge in [0.2, 0.25) is 0 Å². The Balaban J connectivity index is 3.42. The molecule has 102 valence electrons. The van der Waals surface area contributed by atoms with E-state index in [1.807, 2.05) is 0 Å². The van der Waals surface area contributed by atoms with Crippen molar-refractivity contribution in [2.24, 2.45) is 21.7 Å². The minimum atomic E-state index is -4.51. The highest BCUT2D eigenvalue weighted by Gasteiger charge is 2.34. The number of allylic oxidation sites excluding steroid dienone is 1. The van der Waals surface area contributed by atoms with Crippen molar-refractivity contribution >= 4 is 5.70 Å². The van der Waals surface area contributed by atoms with Crippen LogP contribution < -0.4 is 11.5 Å². The Kier molecular flexibility index (Phi) is 4.31. The van der Waals surface area contributed by atoms with Crippen molar-refractivity contribution in [1.82, 2.24) is 0 Å². The molecule has 0 fully saturated rings. The van der Waals surface area contributed by atoms with Crippen LogP contribution in [0.3, 0.4) is 0 Å². The van der Waals surface area contributed by atoms with Crippen LogP contribution in [-0.2, 0) is 6.18 Å². The van der Waals surface area contributed by atoms with E-state index in [0.717, 1.165) is 6.07 Å². The molecule has 1 aromatic rings. The highest BCUT2D eigenvalue weighted by Crippen LogP contribution is 2.35. The summed E-state index contributed by atoms with van der Waals surface area (Å²) >= 11 is 0. The van der Waals surface area contributed by atoms with Gasteiger partial charge in [0, 0.05) is 11.3 Å². The van der Waals surface area contributed by atoms with Crippen LogP contribution in [0, 0.1) is 0 Å². The van der Waals surface area contributed by atoms with Gasteiger partial charge in [0.05, 0.1) is 5.56 Å². The zero-order valence-corrected chi connectivity index (χ0v) is 10.2. The Morgan fingerprint density at radius 1 is 1.16 bits per heavy atom. The van der Waals surface area contributed by atoms with E-state index in [9.17, 15) is 13.2 Å². The van der Waals surface area contributed by atoms with Gasteiger partial charge in [-0.25, -0.2) is 0 Å². The third-order valence-electron chi connectivity index (χ3n) is 2.14. The maximum Gasteiger partial charge on any atom is 0.417 e. The fourth-order valence-corrected chi connectivity index (χ4v) is 1.40. The molecular formula is C12H13F3N4. The second-order valence-corrected chi connectivity index (χ2v) is 3.77. The van der Waals surface area contributed by atoms with Crippen molar-refractivity contribution in [3.05, 3.63) is 53.5 Å². The Labute approximate surface area is 108 Å². The number of hydrogen-bond acceptors (Lipinski definition) is 4. The van der Waals surface area contributed by atoms with Gasteiger partial charge in [0.25, 0.3) is 0 Å². The van der Waals surface area contributed by atoms with Gasteiger partial charge >= 0.3 is 6.18 Å². The van der Waals surface area contributed by atoms with E-state index in [2.05, 4.69) is 16.8 Å². The van der Waals surface area contributed by atoms with Crippen LogP contribution in [0.1, 0.15) is 18.1 Å². The average molecular weight is 270 g/mol. The van der Waals surface area contributed by atoms with Gasteiger partial charge in [-0.1, -0.05) is 24.8 Å². The molecule has 0 amide bonds. The van der Waals surface area contributed by atoms with E-state index in [0.29, 0.717) is 0 Å². The Morgan fingerprint density at radius 3 is 2.21 bits per heavy atom. The molecule has 1 aromatic carbocycles. The molecule has 0 aliphatic rings. The maximum absolute atomic E-state index is 12.9. The summed E-state index contributed by atoms with van der Waals surface area (Å²) in [6.45, 7) is 4.71.